The number of benzene rings is 2. The third-order valence-corrected chi connectivity index (χ3v) is 4.82. The first-order chi connectivity index (χ1) is 12.8. The third-order valence-electron chi connectivity index (χ3n) is 4.23. The van der Waals surface area contributed by atoms with E-state index in [0.717, 1.165) is 24.8 Å². The number of nitrogens with one attached hydrogen (secondary N) is 2. The van der Waals surface area contributed by atoms with Crippen LogP contribution < -0.4 is 10.0 Å². The number of amides is 2. The van der Waals surface area contributed by atoms with Crippen LogP contribution in [0.1, 0.15) is 28.8 Å². The molecule has 1 aliphatic heterocycles. The number of likely N-dealkylation sites (tertiary alicyclic amines) is 1. The van der Waals surface area contributed by atoms with Crippen molar-refractivity contribution >= 4 is 33.2 Å². The van der Waals surface area contributed by atoms with E-state index in [4.69, 9.17) is 0 Å². The van der Waals surface area contributed by atoms with Crippen LogP contribution in [0.15, 0.2) is 48.5 Å². The minimum absolute atomic E-state index is 0.159. The molecule has 1 aliphatic rings. The minimum Gasteiger partial charge on any atom is -0.338 e. The van der Waals surface area contributed by atoms with E-state index in [1.54, 1.807) is 36.4 Å². The van der Waals surface area contributed by atoms with Crippen molar-refractivity contribution in [1.29, 1.82) is 0 Å². The van der Waals surface area contributed by atoms with Gasteiger partial charge in [-0.25, -0.2) is 8.42 Å². The molecule has 142 valence electrons. The number of nitrogens with zero attached hydrogens (tertiary/aromatic N) is 1. The maximum atomic E-state index is 12.5. The van der Waals surface area contributed by atoms with E-state index in [0.29, 0.717) is 29.9 Å². The molecule has 2 amide bonds. The first kappa shape index (κ1) is 18.9. The third kappa shape index (κ3) is 5.07. The Bertz CT molecular complexity index is 955. The Kier molecular flexibility index (Phi) is 5.46. The van der Waals surface area contributed by atoms with Crippen LogP contribution in [-0.2, 0) is 21.4 Å². The molecule has 8 heteroatoms. The average molecular weight is 387 g/mol. The lowest BCUT2D eigenvalue weighted by molar-refractivity contribution is -0.128. The number of rotatable bonds is 6. The van der Waals surface area contributed by atoms with Crippen molar-refractivity contribution in [2.24, 2.45) is 0 Å². The lowest BCUT2D eigenvalue weighted by Gasteiger charge is -2.16. The van der Waals surface area contributed by atoms with Crippen LogP contribution in [0, 0.1) is 0 Å². The topological polar surface area (TPSA) is 95.6 Å². The van der Waals surface area contributed by atoms with E-state index in [1.807, 2.05) is 17.0 Å². The Balaban J connectivity index is 1.69. The van der Waals surface area contributed by atoms with Gasteiger partial charge >= 0.3 is 0 Å². The van der Waals surface area contributed by atoms with Gasteiger partial charge in [-0.2, -0.15) is 0 Å². The van der Waals surface area contributed by atoms with Gasteiger partial charge in [-0.3, -0.25) is 14.3 Å². The molecular formula is C19H21N3O4S. The second-order valence-electron chi connectivity index (χ2n) is 6.49. The fourth-order valence-corrected chi connectivity index (χ4v) is 3.51. The molecule has 0 saturated carbocycles. The molecule has 0 atom stereocenters. The molecule has 0 unspecified atom stereocenters. The van der Waals surface area contributed by atoms with E-state index in [1.165, 1.54) is 0 Å². The van der Waals surface area contributed by atoms with Gasteiger partial charge in [0.05, 0.1) is 17.6 Å². The maximum absolute atomic E-state index is 12.5. The van der Waals surface area contributed by atoms with Gasteiger partial charge in [0.25, 0.3) is 5.91 Å². The van der Waals surface area contributed by atoms with Gasteiger partial charge in [0.2, 0.25) is 15.9 Å². The summed E-state index contributed by atoms with van der Waals surface area (Å²) in [5.74, 6) is -0.187. The predicted molar refractivity (Wildman–Crippen MR) is 104 cm³/mol. The van der Waals surface area contributed by atoms with E-state index in [2.05, 4.69) is 10.0 Å². The van der Waals surface area contributed by atoms with Crippen molar-refractivity contribution < 1.29 is 18.0 Å². The Hall–Kier alpha value is -2.87. The molecule has 1 heterocycles. The van der Waals surface area contributed by atoms with Crippen molar-refractivity contribution in [1.82, 2.24) is 4.90 Å². The van der Waals surface area contributed by atoms with Gasteiger partial charge in [0, 0.05) is 25.1 Å². The summed E-state index contributed by atoms with van der Waals surface area (Å²) in [5, 5.41) is 2.72. The molecule has 7 nitrogen and oxygen atoms in total. The van der Waals surface area contributed by atoms with Crippen molar-refractivity contribution in [3.05, 3.63) is 59.7 Å². The lowest BCUT2D eigenvalue weighted by atomic mass is 10.1. The standard InChI is InChI=1S/C19H21N3O4S/c1-27(25,26)21-17-6-3-2-5-16(17)20-19(24)15-10-8-14(9-11-15)13-22-12-4-7-18(22)23/h2-3,5-6,8-11,21H,4,7,12-13H2,1H3,(H,20,24). The van der Waals surface area contributed by atoms with Crippen LogP contribution in [0.3, 0.4) is 0 Å². The van der Waals surface area contributed by atoms with Crippen LogP contribution in [0.2, 0.25) is 0 Å². The summed E-state index contributed by atoms with van der Waals surface area (Å²) in [6, 6.07) is 13.6. The Morgan fingerprint density at radius 1 is 1.07 bits per heavy atom. The quantitative estimate of drug-likeness (QED) is 0.796. The molecule has 27 heavy (non-hydrogen) atoms. The Morgan fingerprint density at radius 3 is 2.33 bits per heavy atom. The molecule has 2 aromatic carbocycles. The summed E-state index contributed by atoms with van der Waals surface area (Å²) in [7, 11) is -3.46. The fraction of sp³-hybridized carbons (Fsp3) is 0.263. The van der Waals surface area contributed by atoms with E-state index < -0.39 is 10.0 Å². The van der Waals surface area contributed by atoms with E-state index in [-0.39, 0.29) is 11.8 Å². The Morgan fingerprint density at radius 2 is 1.74 bits per heavy atom. The molecule has 0 aromatic heterocycles. The summed E-state index contributed by atoms with van der Waals surface area (Å²) in [6.07, 6.45) is 2.54. The maximum Gasteiger partial charge on any atom is 0.255 e. The monoisotopic (exact) mass is 387 g/mol. The molecular weight excluding hydrogens is 366 g/mol. The molecule has 0 radical (unpaired) electrons. The van der Waals surface area contributed by atoms with Crippen molar-refractivity contribution in [2.75, 3.05) is 22.8 Å². The van der Waals surface area contributed by atoms with Crippen LogP contribution in [0.5, 0.6) is 0 Å². The zero-order valence-corrected chi connectivity index (χ0v) is 15.8. The summed E-state index contributed by atoms with van der Waals surface area (Å²) in [4.78, 5) is 26.0. The van der Waals surface area contributed by atoms with Gasteiger partial charge < -0.3 is 10.2 Å². The van der Waals surface area contributed by atoms with E-state index in [9.17, 15) is 18.0 Å². The highest BCUT2D eigenvalue weighted by molar-refractivity contribution is 7.92. The second-order valence-corrected chi connectivity index (χ2v) is 8.24. The molecule has 2 N–H and O–H groups in total. The molecule has 0 aliphatic carbocycles. The average Bonchev–Trinajstić information content (AvgIpc) is 3.01. The minimum atomic E-state index is -3.46. The van der Waals surface area contributed by atoms with Crippen molar-refractivity contribution in [3.8, 4) is 0 Å². The van der Waals surface area contributed by atoms with Gasteiger partial charge in [-0.15, -0.1) is 0 Å². The number of hydrogen-bond donors (Lipinski definition) is 2. The summed E-state index contributed by atoms with van der Waals surface area (Å²) >= 11 is 0. The second kappa shape index (κ2) is 7.79. The number of anilines is 2. The highest BCUT2D eigenvalue weighted by Gasteiger charge is 2.20. The van der Waals surface area contributed by atoms with Crippen molar-refractivity contribution in [3.63, 3.8) is 0 Å². The number of sulfonamides is 1. The van der Waals surface area contributed by atoms with Crippen molar-refractivity contribution in [2.45, 2.75) is 19.4 Å². The Labute approximate surface area is 158 Å². The zero-order chi connectivity index (χ0) is 19.4. The van der Waals surface area contributed by atoms with Gasteiger partial charge in [0.15, 0.2) is 0 Å². The SMILES string of the molecule is CS(=O)(=O)Nc1ccccc1NC(=O)c1ccc(CN2CCCC2=O)cc1. The number of carbonyl (C=O) groups is 2. The van der Waals surface area contributed by atoms with Gasteiger partial charge in [0.1, 0.15) is 0 Å². The van der Waals surface area contributed by atoms with Crippen LogP contribution >= 0.6 is 0 Å². The molecule has 0 spiro atoms. The largest absolute Gasteiger partial charge is 0.338 e. The molecule has 2 aromatic rings. The van der Waals surface area contributed by atoms with Crippen LogP contribution in [0.4, 0.5) is 11.4 Å². The molecule has 3 rings (SSSR count). The molecule has 0 bridgehead atoms. The van der Waals surface area contributed by atoms with E-state index >= 15 is 0 Å². The highest BCUT2D eigenvalue weighted by Crippen LogP contribution is 2.23. The number of carbonyl (C=O) groups excluding carboxylic acids is 2. The smallest absolute Gasteiger partial charge is 0.255 e. The van der Waals surface area contributed by atoms with Gasteiger partial charge in [-0.1, -0.05) is 24.3 Å². The summed E-state index contributed by atoms with van der Waals surface area (Å²) in [6.45, 7) is 1.31. The van der Waals surface area contributed by atoms with Gasteiger partial charge in [-0.05, 0) is 36.2 Å². The summed E-state index contributed by atoms with van der Waals surface area (Å²) < 4.78 is 25.3. The lowest BCUT2D eigenvalue weighted by Crippen LogP contribution is -2.23. The first-order valence-electron chi connectivity index (χ1n) is 8.57. The van der Waals surface area contributed by atoms with Crippen LogP contribution in [0.25, 0.3) is 0 Å². The zero-order valence-electron chi connectivity index (χ0n) is 14.9. The number of para-hydroxylation sites is 2. The normalized spacial score (nSPS) is 14.3. The summed E-state index contributed by atoms with van der Waals surface area (Å²) in [5.41, 5.74) is 2.08. The molecule has 1 fully saturated rings. The highest BCUT2D eigenvalue weighted by atomic mass is 32.2. The molecule has 1 saturated heterocycles. The fourth-order valence-electron chi connectivity index (χ4n) is 2.93. The first-order valence-corrected chi connectivity index (χ1v) is 10.5. The number of hydrogen-bond acceptors (Lipinski definition) is 4. The predicted octanol–water partition coefficient (Wildman–Crippen LogP) is 2.43. The van der Waals surface area contributed by atoms with Crippen LogP contribution in [-0.4, -0.2) is 37.9 Å².